The molecule has 4 nitrogen and oxygen atoms in total. The molecule has 5 heteroatoms. The van der Waals surface area contributed by atoms with E-state index in [0.717, 1.165) is 18.4 Å². The van der Waals surface area contributed by atoms with E-state index < -0.39 is 15.4 Å². The molecule has 1 aromatic rings. The van der Waals surface area contributed by atoms with Crippen LogP contribution in [-0.2, 0) is 21.8 Å². The van der Waals surface area contributed by atoms with Crippen LogP contribution in [0, 0.1) is 0 Å². The van der Waals surface area contributed by atoms with E-state index in [1.54, 1.807) is 13.8 Å². The number of nitrogens with one attached hydrogen (secondary N) is 1. The van der Waals surface area contributed by atoms with Crippen LogP contribution >= 0.6 is 0 Å². The van der Waals surface area contributed by atoms with Crippen molar-refractivity contribution in [2.45, 2.75) is 43.9 Å². The molecule has 0 amide bonds. The van der Waals surface area contributed by atoms with Crippen molar-refractivity contribution in [3.8, 4) is 0 Å². The van der Waals surface area contributed by atoms with Gasteiger partial charge >= 0.3 is 0 Å². The van der Waals surface area contributed by atoms with Crippen molar-refractivity contribution >= 4 is 9.84 Å². The van der Waals surface area contributed by atoms with Crippen molar-refractivity contribution in [2.24, 2.45) is 0 Å². The molecule has 2 rings (SSSR count). The molecule has 0 spiro atoms. The molecule has 1 aliphatic rings. The van der Waals surface area contributed by atoms with Crippen LogP contribution < -0.4 is 5.32 Å². The number of hydrogen-bond donors (Lipinski definition) is 2. The number of rotatable bonds is 7. The monoisotopic (exact) mass is 311 g/mol. The van der Waals surface area contributed by atoms with Gasteiger partial charge in [0.2, 0.25) is 0 Å². The van der Waals surface area contributed by atoms with Gasteiger partial charge in [-0.25, -0.2) is 8.42 Å². The molecule has 2 N–H and O–H groups in total. The van der Waals surface area contributed by atoms with Crippen LogP contribution in [0.3, 0.4) is 0 Å². The Bertz CT molecular complexity index is 583. The van der Waals surface area contributed by atoms with E-state index in [1.165, 1.54) is 5.56 Å². The second-order valence-corrected chi connectivity index (χ2v) is 8.77. The Morgan fingerprint density at radius 3 is 2.71 bits per heavy atom. The summed E-state index contributed by atoms with van der Waals surface area (Å²) < 4.78 is 23.6. The van der Waals surface area contributed by atoms with Crippen molar-refractivity contribution in [3.05, 3.63) is 35.4 Å². The molecular formula is C16H25NO3S. The molecule has 1 unspecified atom stereocenters. The predicted octanol–water partition coefficient (Wildman–Crippen LogP) is 1.62. The topological polar surface area (TPSA) is 66.4 Å². The molecule has 0 radical (unpaired) electrons. The third kappa shape index (κ3) is 3.47. The van der Waals surface area contributed by atoms with Gasteiger partial charge in [-0.2, -0.15) is 0 Å². The maximum atomic E-state index is 11.8. The number of sulfone groups is 1. The number of aliphatic hydroxyl groups is 1. The number of benzene rings is 1. The van der Waals surface area contributed by atoms with Gasteiger partial charge in [0.1, 0.15) is 0 Å². The minimum absolute atomic E-state index is 0.0426. The molecule has 21 heavy (non-hydrogen) atoms. The summed E-state index contributed by atoms with van der Waals surface area (Å²) in [5.41, 5.74) is 2.02. The van der Waals surface area contributed by atoms with Crippen molar-refractivity contribution in [1.82, 2.24) is 5.32 Å². The van der Waals surface area contributed by atoms with Gasteiger partial charge in [0.15, 0.2) is 9.84 Å². The zero-order valence-corrected chi connectivity index (χ0v) is 13.6. The lowest BCUT2D eigenvalue weighted by Crippen LogP contribution is -2.44. The summed E-state index contributed by atoms with van der Waals surface area (Å²) in [7, 11) is -2.98. The quantitative estimate of drug-likeness (QED) is 0.751. The van der Waals surface area contributed by atoms with Gasteiger partial charge in [-0.3, -0.25) is 0 Å². The lowest BCUT2D eigenvalue weighted by molar-refractivity contribution is 0.161. The Labute approximate surface area is 127 Å². The van der Waals surface area contributed by atoms with Crippen molar-refractivity contribution in [2.75, 3.05) is 18.9 Å². The zero-order valence-electron chi connectivity index (χ0n) is 12.8. The number of hydrogen-bond acceptors (Lipinski definition) is 4. The second-order valence-electron chi connectivity index (χ2n) is 6.09. The van der Waals surface area contributed by atoms with Crippen LogP contribution in [0.1, 0.15) is 37.8 Å². The van der Waals surface area contributed by atoms with Crippen molar-refractivity contribution in [3.63, 3.8) is 0 Å². The van der Waals surface area contributed by atoms with E-state index >= 15 is 0 Å². The summed E-state index contributed by atoms with van der Waals surface area (Å²) >= 11 is 0. The van der Waals surface area contributed by atoms with Crippen LogP contribution in [0.25, 0.3) is 0 Å². The van der Waals surface area contributed by atoms with Gasteiger partial charge in [0.05, 0.1) is 23.1 Å². The fourth-order valence-corrected chi connectivity index (χ4v) is 3.95. The smallest absolute Gasteiger partial charge is 0.152 e. The van der Waals surface area contributed by atoms with Crippen molar-refractivity contribution < 1.29 is 13.5 Å². The van der Waals surface area contributed by atoms with E-state index in [9.17, 15) is 13.5 Å². The Hall–Kier alpha value is -0.910. The van der Waals surface area contributed by atoms with Gasteiger partial charge < -0.3 is 10.4 Å². The average molecular weight is 311 g/mol. The van der Waals surface area contributed by atoms with E-state index in [1.807, 2.05) is 12.1 Å². The van der Waals surface area contributed by atoms with Crippen molar-refractivity contribution in [1.29, 1.82) is 0 Å². The molecule has 1 atom stereocenters. The first-order valence-electron chi connectivity index (χ1n) is 7.57. The van der Waals surface area contributed by atoms with Crippen LogP contribution in [-0.4, -0.2) is 37.7 Å². The number of aryl methyl sites for hydroxylation is 1. The highest BCUT2D eigenvalue weighted by Crippen LogP contribution is 2.36. The Morgan fingerprint density at radius 1 is 1.33 bits per heavy atom. The summed E-state index contributed by atoms with van der Waals surface area (Å²) in [6.45, 7) is 4.07. The highest BCUT2D eigenvalue weighted by Gasteiger charge is 2.37. The summed E-state index contributed by atoms with van der Waals surface area (Å²) in [5, 5.41) is 12.9. The van der Waals surface area contributed by atoms with E-state index in [0.29, 0.717) is 13.0 Å². The Balaban J connectivity index is 1.96. The minimum atomic E-state index is -2.98. The third-order valence-corrected chi connectivity index (χ3v) is 6.71. The first-order valence-corrected chi connectivity index (χ1v) is 9.29. The van der Waals surface area contributed by atoms with Crippen LogP contribution in [0.15, 0.2) is 24.3 Å². The largest absolute Gasteiger partial charge is 0.394 e. The Morgan fingerprint density at radius 2 is 2.05 bits per heavy atom. The highest BCUT2D eigenvalue weighted by molar-refractivity contribution is 7.91. The molecule has 1 aromatic carbocycles. The predicted molar refractivity (Wildman–Crippen MR) is 85.1 cm³/mol. The molecule has 118 valence electrons. The van der Waals surface area contributed by atoms with Gasteiger partial charge in [-0.1, -0.05) is 24.3 Å². The molecule has 1 aliphatic carbocycles. The van der Waals surface area contributed by atoms with Gasteiger partial charge in [-0.05, 0) is 50.8 Å². The first-order chi connectivity index (χ1) is 9.91. The third-order valence-electron chi connectivity index (χ3n) is 4.41. The lowest BCUT2D eigenvalue weighted by Gasteiger charge is -2.30. The maximum Gasteiger partial charge on any atom is 0.152 e. The molecule has 0 saturated carbocycles. The maximum absolute atomic E-state index is 11.8. The molecule has 0 heterocycles. The number of aliphatic hydroxyl groups excluding tert-OH is 1. The van der Waals surface area contributed by atoms with Crippen LogP contribution in [0.4, 0.5) is 0 Å². The standard InChI is InChI=1S/C16H25NO3S/c1-13(2)21(19,20)11-5-10-17-16(12-18)9-8-14-6-3-4-7-15(14)16/h3-4,6-7,13,17-18H,5,8-12H2,1-2H3. The SMILES string of the molecule is CC(C)S(=O)(=O)CCCNC1(CO)CCc2ccccc21. The molecule has 0 saturated heterocycles. The fourth-order valence-electron chi connectivity index (χ4n) is 2.93. The highest BCUT2D eigenvalue weighted by atomic mass is 32.2. The lowest BCUT2D eigenvalue weighted by atomic mass is 9.92. The van der Waals surface area contributed by atoms with Gasteiger partial charge in [-0.15, -0.1) is 0 Å². The Kier molecular flexibility index (Phi) is 5.07. The minimum Gasteiger partial charge on any atom is -0.394 e. The molecule has 0 aromatic heterocycles. The summed E-state index contributed by atoms with van der Waals surface area (Å²) in [6, 6.07) is 8.15. The number of fused-ring (bicyclic) bond motifs is 1. The summed E-state index contributed by atoms with van der Waals surface area (Å²) in [5.74, 6) is 0.195. The molecule has 0 bridgehead atoms. The van der Waals surface area contributed by atoms with Gasteiger partial charge in [0, 0.05) is 0 Å². The second kappa shape index (κ2) is 6.46. The molecule has 0 fully saturated rings. The summed E-state index contributed by atoms with van der Waals surface area (Å²) in [6.07, 6.45) is 2.39. The van der Waals surface area contributed by atoms with E-state index in [-0.39, 0.29) is 17.6 Å². The first kappa shape index (κ1) is 16.5. The molecule has 0 aliphatic heterocycles. The van der Waals surface area contributed by atoms with E-state index in [2.05, 4.69) is 17.4 Å². The van der Waals surface area contributed by atoms with Crippen LogP contribution in [0.2, 0.25) is 0 Å². The van der Waals surface area contributed by atoms with E-state index in [4.69, 9.17) is 0 Å². The zero-order chi connectivity index (χ0) is 15.5. The summed E-state index contributed by atoms with van der Waals surface area (Å²) in [4.78, 5) is 0. The normalized spacial score (nSPS) is 21.7. The fraction of sp³-hybridized carbons (Fsp3) is 0.625. The van der Waals surface area contributed by atoms with Crippen LogP contribution in [0.5, 0.6) is 0 Å². The molecular weight excluding hydrogens is 286 g/mol. The van der Waals surface area contributed by atoms with Gasteiger partial charge in [0.25, 0.3) is 0 Å². The average Bonchev–Trinajstić information content (AvgIpc) is 2.83.